The second-order valence-electron chi connectivity index (χ2n) is 6.34. The molecule has 29 heavy (non-hydrogen) atoms. The van der Waals surface area contributed by atoms with E-state index in [-0.39, 0.29) is 42.7 Å². The number of hydrogen-bond donors (Lipinski definition) is 1. The van der Waals surface area contributed by atoms with Gasteiger partial charge >= 0.3 is 0 Å². The van der Waals surface area contributed by atoms with Gasteiger partial charge in [-0.05, 0) is 42.8 Å². The Balaban J connectivity index is 1.90. The number of Topliss-reactive ketones (excluding diaryl/α,β-unsaturated/α-hetero) is 1. The van der Waals surface area contributed by atoms with Gasteiger partial charge in [0.25, 0.3) is 0 Å². The highest BCUT2D eigenvalue weighted by Crippen LogP contribution is 2.40. The van der Waals surface area contributed by atoms with E-state index in [1.165, 1.54) is 12.1 Å². The number of nitriles is 2. The molecule has 1 aliphatic rings. The summed E-state index contributed by atoms with van der Waals surface area (Å²) in [6, 6.07) is 14.2. The monoisotopic (exact) mass is 389 g/mol. The van der Waals surface area contributed by atoms with Crippen molar-refractivity contribution in [3.05, 3.63) is 58.8 Å². The number of ketones is 1. The average Bonchev–Trinajstić information content (AvgIpc) is 3.02. The fourth-order valence-corrected chi connectivity index (χ4v) is 3.02. The zero-order chi connectivity index (χ0) is 20.8. The maximum atomic E-state index is 12.8. The van der Waals surface area contributed by atoms with E-state index in [1.807, 2.05) is 31.2 Å². The van der Waals surface area contributed by atoms with Gasteiger partial charge in [-0.3, -0.25) is 9.69 Å². The van der Waals surface area contributed by atoms with Crippen molar-refractivity contribution < 1.29 is 19.4 Å². The van der Waals surface area contributed by atoms with Crippen LogP contribution in [-0.2, 0) is 6.54 Å². The number of nitrogens with zero attached hydrogens (tertiary/aromatic N) is 3. The fraction of sp³-hybridized carbons (Fsp3) is 0.227. The molecular formula is C22H19N3O4. The summed E-state index contributed by atoms with van der Waals surface area (Å²) in [4.78, 5) is 14.3. The van der Waals surface area contributed by atoms with Gasteiger partial charge in [-0.15, -0.1) is 0 Å². The van der Waals surface area contributed by atoms with E-state index in [2.05, 4.69) is 0 Å². The first-order valence-electron chi connectivity index (χ1n) is 9.05. The number of ether oxygens (including phenoxy) is 2. The Morgan fingerprint density at radius 1 is 1.14 bits per heavy atom. The van der Waals surface area contributed by atoms with Gasteiger partial charge in [0.05, 0.1) is 43.0 Å². The van der Waals surface area contributed by atoms with Crippen LogP contribution in [0.15, 0.2) is 42.2 Å². The van der Waals surface area contributed by atoms with Crippen molar-refractivity contribution in [3.8, 4) is 29.4 Å². The van der Waals surface area contributed by atoms with Crippen LogP contribution >= 0.6 is 0 Å². The molecule has 7 nitrogen and oxygen atoms in total. The lowest BCUT2D eigenvalue weighted by Gasteiger charge is -2.17. The van der Waals surface area contributed by atoms with Gasteiger partial charge in [-0.2, -0.15) is 10.5 Å². The number of phenols is 1. The van der Waals surface area contributed by atoms with Crippen molar-refractivity contribution in [1.82, 2.24) is 4.90 Å². The number of carbonyl (C=O) groups is 1. The van der Waals surface area contributed by atoms with Gasteiger partial charge in [0, 0.05) is 6.54 Å². The molecule has 146 valence electrons. The SMILES string of the molecule is CCOc1ccc(/C=C2/Oc3c(ccc(O)c3CN(CC#N)CC#N)C2=O)cc1. The summed E-state index contributed by atoms with van der Waals surface area (Å²) >= 11 is 0. The van der Waals surface area contributed by atoms with Crippen LogP contribution in [0.4, 0.5) is 0 Å². The van der Waals surface area contributed by atoms with E-state index in [0.717, 1.165) is 11.3 Å². The van der Waals surface area contributed by atoms with Crippen molar-refractivity contribution in [2.45, 2.75) is 13.5 Å². The number of phenolic OH excluding ortho intramolecular Hbond substituents is 1. The summed E-state index contributed by atoms with van der Waals surface area (Å²) < 4.78 is 11.2. The van der Waals surface area contributed by atoms with Crippen LogP contribution in [-0.4, -0.2) is 35.5 Å². The van der Waals surface area contributed by atoms with Crippen molar-refractivity contribution in [1.29, 1.82) is 10.5 Å². The topological polar surface area (TPSA) is 107 Å². The van der Waals surface area contributed by atoms with Crippen molar-refractivity contribution in [3.63, 3.8) is 0 Å². The molecule has 0 fully saturated rings. The highest BCUT2D eigenvalue weighted by molar-refractivity contribution is 6.15. The largest absolute Gasteiger partial charge is 0.507 e. The molecule has 0 bridgehead atoms. The number of aromatic hydroxyl groups is 1. The van der Waals surface area contributed by atoms with E-state index in [1.54, 1.807) is 23.1 Å². The first-order chi connectivity index (χ1) is 14.1. The van der Waals surface area contributed by atoms with E-state index in [4.69, 9.17) is 20.0 Å². The molecule has 0 radical (unpaired) electrons. The first kappa shape index (κ1) is 19.9. The second-order valence-corrected chi connectivity index (χ2v) is 6.34. The van der Waals surface area contributed by atoms with Gasteiger partial charge in [0.1, 0.15) is 17.2 Å². The molecule has 0 aliphatic carbocycles. The Bertz CT molecular complexity index is 1010. The minimum Gasteiger partial charge on any atom is -0.507 e. The van der Waals surface area contributed by atoms with Gasteiger partial charge < -0.3 is 14.6 Å². The minimum absolute atomic E-state index is 0.0134. The lowest BCUT2D eigenvalue weighted by molar-refractivity contribution is 0.101. The molecule has 0 aromatic heterocycles. The predicted octanol–water partition coefficient (Wildman–Crippen LogP) is 3.26. The van der Waals surface area contributed by atoms with Crippen molar-refractivity contribution in [2.75, 3.05) is 19.7 Å². The van der Waals surface area contributed by atoms with Crippen LogP contribution in [0.2, 0.25) is 0 Å². The molecule has 2 aromatic carbocycles. The van der Waals surface area contributed by atoms with E-state index in [0.29, 0.717) is 17.7 Å². The van der Waals surface area contributed by atoms with Gasteiger partial charge in [0.15, 0.2) is 5.76 Å². The molecule has 0 saturated heterocycles. The number of benzene rings is 2. The zero-order valence-electron chi connectivity index (χ0n) is 15.9. The van der Waals surface area contributed by atoms with E-state index >= 15 is 0 Å². The molecule has 0 unspecified atom stereocenters. The lowest BCUT2D eigenvalue weighted by atomic mass is 10.0. The van der Waals surface area contributed by atoms with Crippen LogP contribution in [0.25, 0.3) is 6.08 Å². The maximum Gasteiger partial charge on any atom is 0.231 e. The summed E-state index contributed by atoms with van der Waals surface area (Å²) in [6.45, 7) is 2.61. The van der Waals surface area contributed by atoms with Crippen molar-refractivity contribution in [2.24, 2.45) is 0 Å². The van der Waals surface area contributed by atoms with Gasteiger partial charge in [-0.25, -0.2) is 0 Å². The molecule has 2 aromatic rings. The standard InChI is InChI=1S/C22H19N3O4/c1-2-28-16-5-3-15(4-6-16)13-20-21(27)17-7-8-19(26)18(22(17)29-20)14-25(11-9-23)12-10-24/h3-8,13,26H,2,11-12,14H2,1H3/b20-13+. The fourth-order valence-electron chi connectivity index (χ4n) is 3.02. The molecule has 7 heteroatoms. The summed E-state index contributed by atoms with van der Waals surface area (Å²) in [5.74, 6) is 0.789. The zero-order valence-corrected chi connectivity index (χ0v) is 15.9. The van der Waals surface area contributed by atoms with Gasteiger partial charge in [-0.1, -0.05) is 12.1 Å². The molecular weight excluding hydrogens is 370 g/mol. The van der Waals surface area contributed by atoms with E-state index < -0.39 is 0 Å². The van der Waals surface area contributed by atoms with Gasteiger partial charge in [0.2, 0.25) is 5.78 Å². The minimum atomic E-state index is -0.290. The third-order valence-corrected chi connectivity index (χ3v) is 4.38. The highest BCUT2D eigenvalue weighted by atomic mass is 16.5. The summed E-state index contributed by atoms with van der Waals surface area (Å²) in [7, 11) is 0. The van der Waals surface area contributed by atoms with Crippen LogP contribution in [0, 0.1) is 22.7 Å². The molecule has 0 atom stereocenters. The number of fused-ring (bicyclic) bond motifs is 1. The Morgan fingerprint density at radius 3 is 2.45 bits per heavy atom. The number of allylic oxidation sites excluding steroid dienone is 1. The molecule has 0 amide bonds. The number of rotatable bonds is 7. The summed E-state index contributed by atoms with van der Waals surface area (Å²) in [5, 5.41) is 28.2. The summed E-state index contributed by atoms with van der Waals surface area (Å²) in [5.41, 5.74) is 1.48. The molecule has 0 spiro atoms. The average molecular weight is 389 g/mol. The number of carbonyl (C=O) groups excluding carboxylic acids is 1. The Labute approximate surface area is 168 Å². The Hall–Kier alpha value is -3.81. The maximum absolute atomic E-state index is 12.8. The van der Waals surface area contributed by atoms with E-state index in [9.17, 15) is 9.90 Å². The highest BCUT2D eigenvalue weighted by Gasteiger charge is 2.31. The van der Waals surface area contributed by atoms with Crippen LogP contribution in [0.1, 0.15) is 28.4 Å². The predicted molar refractivity (Wildman–Crippen MR) is 105 cm³/mol. The van der Waals surface area contributed by atoms with Crippen LogP contribution in [0.5, 0.6) is 17.2 Å². The Kier molecular flexibility index (Phi) is 6.13. The molecule has 3 rings (SSSR count). The summed E-state index contributed by atoms with van der Waals surface area (Å²) in [6.07, 6.45) is 1.63. The smallest absolute Gasteiger partial charge is 0.231 e. The quantitative estimate of drug-likeness (QED) is 0.572. The van der Waals surface area contributed by atoms with Crippen LogP contribution in [0.3, 0.4) is 0 Å². The second kappa shape index (κ2) is 8.92. The molecule has 1 N–H and O–H groups in total. The first-order valence-corrected chi connectivity index (χ1v) is 9.05. The molecule has 1 aliphatic heterocycles. The van der Waals surface area contributed by atoms with Crippen molar-refractivity contribution >= 4 is 11.9 Å². The lowest BCUT2D eigenvalue weighted by Crippen LogP contribution is -2.24. The Morgan fingerprint density at radius 2 is 1.83 bits per heavy atom. The third-order valence-electron chi connectivity index (χ3n) is 4.38. The van der Waals surface area contributed by atoms with Crippen LogP contribution < -0.4 is 9.47 Å². The normalized spacial score (nSPS) is 13.7. The number of hydrogen-bond acceptors (Lipinski definition) is 7. The molecule has 1 heterocycles. The molecule has 0 saturated carbocycles. The third kappa shape index (κ3) is 4.37.